The Morgan fingerprint density at radius 3 is 2.61 bits per heavy atom. The van der Waals surface area contributed by atoms with Crippen LogP contribution in [0.15, 0.2) is 18.2 Å². The van der Waals surface area contributed by atoms with E-state index in [2.05, 4.69) is 0 Å². The molecular weight excluding hydrogens is 245 g/mol. The largest absolute Gasteiger partial charge is 0.508 e. The summed E-state index contributed by atoms with van der Waals surface area (Å²) in [5.41, 5.74) is 0.782. The quantitative estimate of drug-likeness (QED) is 0.882. The van der Waals surface area contributed by atoms with Crippen molar-refractivity contribution in [2.75, 3.05) is 19.6 Å². The van der Waals surface area contributed by atoms with E-state index in [1.807, 2.05) is 6.07 Å². The lowest BCUT2D eigenvalue weighted by Gasteiger charge is -2.40. The predicted molar refractivity (Wildman–Crippen MR) is 58.1 cm³/mol. The third-order valence-electron chi connectivity index (χ3n) is 2.97. The van der Waals surface area contributed by atoms with Gasteiger partial charge in [-0.3, -0.25) is 4.90 Å². The number of likely N-dealkylation sites (tertiary alicyclic amines) is 1. The van der Waals surface area contributed by atoms with Crippen molar-refractivity contribution in [1.82, 2.24) is 4.90 Å². The smallest absolute Gasteiger partial charge is 0.401 e. The molecule has 3 nitrogen and oxygen atoms in total. The van der Waals surface area contributed by atoms with Crippen molar-refractivity contribution < 1.29 is 18.3 Å². The second-order valence-electron chi connectivity index (χ2n) is 4.36. The molecule has 1 heterocycles. The molecule has 1 N–H and O–H groups in total. The number of halogens is 3. The van der Waals surface area contributed by atoms with Gasteiger partial charge in [0.25, 0.3) is 0 Å². The van der Waals surface area contributed by atoms with Gasteiger partial charge in [-0.05, 0) is 12.1 Å². The van der Waals surface area contributed by atoms with Gasteiger partial charge in [0.15, 0.2) is 0 Å². The first-order valence-corrected chi connectivity index (χ1v) is 5.42. The Morgan fingerprint density at radius 2 is 2.06 bits per heavy atom. The van der Waals surface area contributed by atoms with Gasteiger partial charge in [0.2, 0.25) is 0 Å². The number of nitriles is 1. The first kappa shape index (κ1) is 12.7. The maximum absolute atomic E-state index is 12.1. The van der Waals surface area contributed by atoms with Gasteiger partial charge < -0.3 is 5.11 Å². The second-order valence-corrected chi connectivity index (χ2v) is 4.36. The molecule has 0 aliphatic carbocycles. The van der Waals surface area contributed by atoms with Crippen LogP contribution in [0.5, 0.6) is 5.75 Å². The lowest BCUT2D eigenvalue weighted by Crippen LogP contribution is -2.49. The normalized spacial score (nSPS) is 17.2. The monoisotopic (exact) mass is 256 g/mol. The zero-order valence-corrected chi connectivity index (χ0v) is 9.41. The SMILES string of the molecule is N#Cc1cccc(O)c1C1CN(CC(F)(F)F)C1. The standard InChI is InChI=1S/C12H11F3N2O/c13-12(14,15)7-17-5-9(6-17)11-8(4-16)2-1-3-10(11)18/h1-3,9,18H,5-7H2. The van der Waals surface area contributed by atoms with Crippen LogP contribution in [0.1, 0.15) is 17.0 Å². The fraction of sp³-hybridized carbons (Fsp3) is 0.417. The summed E-state index contributed by atoms with van der Waals surface area (Å²) in [6.07, 6.45) is -4.21. The number of phenolic OH excluding ortho intramolecular Hbond substituents is 1. The van der Waals surface area contributed by atoms with Crippen molar-refractivity contribution >= 4 is 0 Å². The molecule has 1 aromatic rings. The van der Waals surface area contributed by atoms with Crippen LogP contribution < -0.4 is 0 Å². The fourth-order valence-electron chi connectivity index (χ4n) is 2.21. The van der Waals surface area contributed by atoms with E-state index < -0.39 is 12.7 Å². The molecular formula is C12H11F3N2O. The minimum absolute atomic E-state index is 0.0225. The molecule has 96 valence electrons. The van der Waals surface area contributed by atoms with Crippen molar-refractivity contribution in [3.8, 4) is 11.8 Å². The van der Waals surface area contributed by atoms with Gasteiger partial charge in [-0.15, -0.1) is 0 Å². The van der Waals surface area contributed by atoms with Gasteiger partial charge >= 0.3 is 6.18 Å². The summed E-state index contributed by atoms with van der Waals surface area (Å²) in [5, 5.41) is 18.6. The molecule has 0 saturated carbocycles. The molecule has 0 atom stereocenters. The molecule has 6 heteroatoms. The maximum atomic E-state index is 12.1. The number of hydrogen-bond acceptors (Lipinski definition) is 3. The Bertz CT molecular complexity index is 487. The van der Waals surface area contributed by atoms with Crippen LogP contribution in [0.4, 0.5) is 13.2 Å². The number of alkyl halides is 3. The highest BCUT2D eigenvalue weighted by atomic mass is 19.4. The average molecular weight is 256 g/mol. The van der Waals surface area contributed by atoms with E-state index >= 15 is 0 Å². The number of benzene rings is 1. The third-order valence-corrected chi connectivity index (χ3v) is 2.97. The lowest BCUT2D eigenvalue weighted by atomic mass is 9.87. The Hall–Kier alpha value is -1.74. The van der Waals surface area contributed by atoms with E-state index in [0.29, 0.717) is 11.1 Å². The topological polar surface area (TPSA) is 47.3 Å². The summed E-state index contributed by atoms with van der Waals surface area (Å²) in [4.78, 5) is 1.25. The van der Waals surface area contributed by atoms with Gasteiger partial charge in [0, 0.05) is 24.6 Å². The Labute approximate surface area is 102 Å². The summed E-state index contributed by atoms with van der Waals surface area (Å²) in [7, 11) is 0. The molecule has 18 heavy (non-hydrogen) atoms. The van der Waals surface area contributed by atoms with Crippen molar-refractivity contribution in [2.45, 2.75) is 12.1 Å². The van der Waals surface area contributed by atoms with Crippen LogP contribution in [-0.4, -0.2) is 35.8 Å². The minimum atomic E-state index is -4.21. The highest BCUT2D eigenvalue weighted by Crippen LogP contribution is 2.36. The van der Waals surface area contributed by atoms with E-state index in [1.165, 1.54) is 11.0 Å². The summed E-state index contributed by atoms with van der Waals surface area (Å²) in [6, 6.07) is 6.50. The molecule has 0 aromatic heterocycles. The van der Waals surface area contributed by atoms with E-state index in [1.54, 1.807) is 12.1 Å². The van der Waals surface area contributed by atoms with Crippen LogP contribution >= 0.6 is 0 Å². The molecule has 0 unspecified atom stereocenters. The summed E-state index contributed by atoms with van der Waals surface area (Å²) in [6.45, 7) is -0.517. The van der Waals surface area contributed by atoms with Gasteiger partial charge in [0.1, 0.15) is 5.75 Å². The Kier molecular flexibility index (Phi) is 3.18. The van der Waals surface area contributed by atoms with Gasteiger partial charge in [0.05, 0.1) is 18.2 Å². The van der Waals surface area contributed by atoms with E-state index in [-0.39, 0.29) is 24.8 Å². The Balaban J connectivity index is 2.07. The molecule has 1 saturated heterocycles. The van der Waals surface area contributed by atoms with Crippen molar-refractivity contribution in [1.29, 1.82) is 5.26 Å². The highest BCUT2D eigenvalue weighted by molar-refractivity contribution is 5.49. The average Bonchev–Trinajstić information content (AvgIpc) is 2.22. The van der Waals surface area contributed by atoms with Crippen LogP contribution in [0.2, 0.25) is 0 Å². The first-order valence-electron chi connectivity index (χ1n) is 5.42. The fourth-order valence-corrected chi connectivity index (χ4v) is 2.21. The molecule has 1 aromatic carbocycles. The molecule has 0 spiro atoms. The van der Waals surface area contributed by atoms with Crippen LogP contribution in [-0.2, 0) is 0 Å². The number of nitrogens with zero attached hydrogens (tertiary/aromatic N) is 2. The molecule has 1 aliphatic rings. The van der Waals surface area contributed by atoms with Gasteiger partial charge in [-0.1, -0.05) is 6.07 Å². The minimum Gasteiger partial charge on any atom is -0.508 e. The van der Waals surface area contributed by atoms with E-state index in [0.717, 1.165) is 0 Å². The molecule has 0 amide bonds. The number of aromatic hydroxyl groups is 1. The van der Waals surface area contributed by atoms with Crippen molar-refractivity contribution in [2.24, 2.45) is 0 Å². The third kappa shape index (κ3) is 2.57. The molecule has 2 rings (SSSR count). The maximum Gasteiger partial charge on any atom is 0.401 e. The number of rotatable bonds is 2. The van der Waals surface area contributed by atoms with Crippen LogP contribution in [0, 0.1) is 11.3 Å². The molecule has 1 fully saturated rings. The summed E-state index contributed by atoms with van der Waals surface area (Å²) >= 11 is 0. The Morgan fingerprint density at radius 1 is 1.39 bits per heavy atom. The predicted octanol–water partition coefficient (Wildman–Crippen LogP) is 2.23. The second kappa shape index (κ2) is 4.50. The summed E-state index contributed by atoms with van der Waals surface area (Å²) in [5.74, 6) is -0.228. The van der Waals surface area contributed by atoms with Gasteiger partial charge in [-0.25, -0.2) is 0 Å². The lowest BCUT2D eigenvalue weighted by molar-refractivity contribution is -0.154. The number of hydrogen-bond donors (Lipinski definition) is 1. The van der Waals surface area contributed by atoms with Crippen LogP contribution in [0.3, 0.4) is 0 Å². The molecule has 0 radical (unpaired) electrons. The molecule has 0 bridgehead atoms. The number of phenols is 1. The zero-order valence-electron chi connectivity index (χ0n) is 9.41. The zero-order chi connectivity index (χ0) is 13.3. The van der Waals surface area contributed by atoms with Crippen molar-refractivity contribution in [3.63, 3.8) is 0 Å². The van der Waals surface area contributed by atoms with Crippen LogP contribution in [0.25, 0.3) is 0 Å². The van der Waals surface area contributed by atoms with E-state index in [9.17, 15) is 18.3 Å². The van der Waals surface area contributed by atoms with Gasteiger partial charge in [-0.2, -0.15) is 18.4 Å². The van der Waals surface area contributed by atoms with Crippen molar-refractivity contribution in [3.05, 3.63) is 29.3 Å². The first-order chi connectivity index (χ1) is 8.40. The van der Waals surface area contributed by atoms with E-state index in [4.69, 9.17) is 5.26 Å². The highest BCUT2D eigenvalue weighted by Gasteiger charge is 2.38. The molecule has 1 aliphatic heterocycles. The summed E-state index contributed by atoms with van der Waals surface area (Å²) < 4.78 is 36.4.